The van der Waals surface area contributed by atoms with Crippen LogP contribution in [-0.2, 0) is 4.67 Å². The standard InChI is InChI=1S/H4O3P2/c1-3-5(2)4/h1-2H,4H2. The summed E-state index contributed by atoms with van der Waals surface area (Å²) in [5.41, 5.74) is 0. The van der Waals surface area contributed by atoms with Crippen LogP contribution in [0, 0.1) is 0 Å². The van der Waals surface area contributed by atoms with Crippen LogP contribution >= 0.6 is 17.0 Å². The third-order valence-electron chi connectivity index (χ3n) is 0.0837. The normalized spacial score (nSPS) is 15.0. The Kier molecular flexibility index (Phi) is 3.39. The Morgan fingerprint density at radius 1 is 1.80 bits per heavy atom. The van der Waals surface area contributed by atoms with E-state index >= 15 is 0 Å². The van der Waals surface area contributed by atoms with E-state index in [0.29, 0.717) is 0 Å². The maximum Gasteiger partial charge on any atom is 0.222 e. The van der Waals surface area contributed by atoms with Gasteiger partial charge in [0.05, 0.1) is 0 Å². The third-order valence-corrected chi connectivity index (χ3v) is 0.534. The van der Waals surface area contributed by atoms with Crippen LogP contribution in [0.5, 0.6) is 0 Å². The topological polar surface area (TPSA) is 49.7 Å². The number of rotatable bonds is 1. The lowest BCUT2D eigenvalue weighted by molar-refractivity contribution is -0.132. The van der Waals surface area contributed by atoms with Crippen LogP contribution in [0.1, 0.15) is 0 Å². The summed E-state index contributed by atoms with van der Waals surface area (Å²) in [5.74, 6) is 0. The highest BCUT2D eigenvalue weighted by atomic mass is 32.0. The molecule has 0 saturated carbocycles. The van der Waals surface area contributed by atoms with E-state index in [1.807, 2.05) is 8.93 Å². The predicted molar refractivity (Wildman–Crippen MR) is 22.6 cm³/mol. The van der Waals surface area contributed by atoms with E-state index in [4.69, 9.17) is 10.2 Å². The van der Waals surface area contributed by atoms with E-state index in [-0.39, 0.29) is 0 Å². The Morgan fingerprint density at radius 2 is 2.00 bits per heavy atom. The molecule has 3 nitrogen and oxygen atoms in total. The Bertz CT molecular complexity index is 18.9. The van der Waals surface area contributed by atoms with Crippen molar-refractivity contribution in [1.29, 1.82) is 0 Å². The maximum atomic E-state index is 7.92. The van der Waals surface area contributed by atoms with Gasteiger partial charge in [-0.15, -0.1) is 0 Å². The molecule has 2 atom stereocenters. The monoisotopic (exact) mass is 114 g/mol. The van der Waals surface area contributed by atoms with Gasteiger partial charge in [0.1, 0.15) is 0 Å². The molecule has 2 N–H and O–H groups in total. The lowest BCUT2D eigenvalue weighted by atomic mass is 15.0. The van der Waals surface area contributed by atoms with E-state index in [9.17, 15) is 0 Å². The highest BCUT2D eigenvalue weighted by molar-refractivity contribution is 8.07. The Balaban J connectivity index is 2.54. The van der Waals surface area contributed by atoms with Crippen LogP contribution in [0.4, 0.5) is 0 Å². The maximum absolute atomic E-state index is 7.92. The van der Waals surface area contributed by atoms with Gasteiger partial charge < -0.3 is 4.89 Å². The Labute approximate surface area is 32.9 Å². The highest BCUT2D eigenvalue weighted by Crippen LogP contribution is 2.38. The van der Waals surface area contributed by atoms with E-state index in [2.05, 4.69) is 4.67 Å². The SMILES string of the molecule is OOP(O)P. The predicted octanol–water partition coefficient (Wildman–Crippen LogP) is 0.570. The fraction of sp³-hybridized carbons (Fsp3) is 0. The summed E-state index contributed by atoms with van der Waals surface area (Å²) in [5, 5.41) is 7.40. The molecule has 32 valence electrons. The molecule has 5 heteroatoms. The zero-order chi connectivity index (χ0) is 4.28. The molecule has 0 saturated heterocycles. The van der Waals surface area contributed by atoms with Crippen molar-refractivity contribution in [2.45, 2.75) is 0 Å². The molecule has 0 heterocycles. The molecule has 0 bridgehead atoms. The Hall–Kier alpha value is 0.740. The van der Waals surface area contributed by atoms with Gasteiger partial charge in [-0.1, -0.05) is 0 Å². The van der Waals surface area contributed by atoms with Crippen molar-refractivity contribution in [3.05, 3.63) is 0 Å². The molecule has 0 aromatic carbocycles. The first-order valence-electron chi connectivity index (χ1n) is 0.823. The fourth-order valence-electron chi connectivity index (χ4n) is 0. The lowest BCUT2D eigenvalue weighted by Crippen LogP contribution is -1.60. The van der Waals surface area contributed by atoms with Crippen molar-refractivity contribution in [3.8, 4) is 0 Å². The zero-order valence-corrected chi connectivity index (χ0v) is 4.38. The minimum atomic E-state index is -1.63. The molecule has 0 spiro atoms. The van der Waals surface area contributed by atoms with Crippen LogP contribution in [0.3, 0.4) is 0 Å². The van der Waals surface area contributed by atoms with Gasteiger partial charge in [-0.3, -0.25) is 0 Å². The molecule has 0 radical (unpaired) electrons. The fourth-order valence-corrected chi connectivity index (χ4v) is 0. The van der Waals surface area contributed by atoms with Crippen LogP contribution in [0.2, 0.25) is 0 Å². The summed E-state index contributed by atoms with van der Waals surface area (Å²) in [4.78, 5) is 7.92. The van der Waals surface area contributed by atoms with Crippen molar-refractivity contribution < 1.29 is 14.8 Å². The lowest BCUT2D eigenvalue weighted by Gasteiger charge is -1.89. The molecule has 0 aliphatic heterocycles. The molecule has 0 aliphatic carbocycles. The summed E-state index contributed by atoms with van der Waals surface area (Å²) >= 11 is 0. The third kappa shape index (κ3) is 4.74. The van der Waals surface area contributed by atoms with Gasteiger partial charge >= 0.3 is 0 Å². The molecule has 0 rings (SSSR count). The first-order valence-corrected chi connectivity index (χ1v) is 3.65. The highest BCUT2D eigenvalue weighted by Gasteiger charge is 1.85. The summed E-state index contributed by atoms with van der Waals surface area (Å²) in [6.45, 7) is 0. The van der Waals surface area contributed by atoms with E-state index in [1.54, 1.807) is 0 Å². The number of hydrogen-bond acceptors (Lipinski definition) is 3. The van der Waals surface area contributed by atoms with E-state index < -0.39 is 8.06 Å². The van der Waals surface area contributed by atoms with Gasteiger partial charge in [-0.25, -0.2) is 5.26 Å². The molecule has 0 aromatic rings. The smallest absolute Gasteiger partial charge is 0.222 e. The molecule has 0 aliphatic rings. The minimum Gasteiger partial charge on any atom is -0.345 e. The number of hydrogen-bond donors (Lipinski definition) is 2. The van der Waals surface area contributed by atoms with Gasteiger partial charge in [0.2, 0.25) is 8.06 Å². The quantitative estimate of drug-likeness (QED) is 0.297. The van der Waals surface area contributed by atoms with Gasteiger partial charge in [-0.2, -0.15) is 4.67 Å². The summed E-state index contributed by atoms with van der Waals surface area (Å²) in [6, 6.07) is 0. The van der Waals surface area contributed by atoms with Gasteiger partial charge in [0.25, 0.3) is 0 Å². The van der Waals surface area contributed by atoms with Crippen LogP contribution in [-0.4, -0.2) is 10.2 Å². The molecular weight excluding hydrogens is 110 g/mol. The van der Waals surface area contributed by atoms with Gasteiger partial charge in [-0.05, 0) is 8.93 Å². The first-order chi connectivity index (χ1) is 2.27. The van der Waals surface area contributed by atoms with E-state index in [0.717, 1.165) is 0 Å². The summed E-state index contributed by atoms with van der Waals surface area (Å²) in [7, 11) is 0.256. The van der Waals surface area contributed by atoms with Crippen molar-refractivity contribution in [3.63, 3.8) is 0 Å². The molecular formula is H4O3P2. The molecule has 0 amide bonds. The summed E-state index contributed by atoms with van der Waals surface area (Å²) in [6.07, 6.45) is 0. The first kappa shape index (κ1) is 5.74. The molecule has 5 heavy (non-hydrogen) atoms. The molecule has 2 unspecified atom stereocenters. The average molecular weight is 114 g/mol. The van der Waals surface area contributed by atoms with Gasteiger partial charge in [0, 0.05) is 0 Å². The summed E-state index contributed by atoms with van der Waals surface area (Å²) < 4.78 is 3.33. The zero-order valence-electron chi connectivity index (χ0n) is 2.33. The van der Waals surface area contributed by atoms with Crippen LogP contribution in [0.25, 0.3) is 0 Å². The van der Waals surface area contributed by atoms with Crippen molar-refractivity contribution >= 4 is 17.0 Å². The van der Waals surface area contributed by atoms with Crippen LogP contribution < -0.4 is 0 Å². The second kappa shape index (κ2) is 2.95. The van der Waals surface area contributed by atoms with Crippen molar-refractivity contribution in [2.75, 3.05) is 0 Å². The second-order valence-corrected chi connectivity index (χ2v) is 2.48. The average Bonchev–Trinajstić information content (AvgIpc) is 1.38. The largest absolute Gasteiger partial charge is 0.345 e. The minimum absolute atomic E-state index is 1.63. The van der Waals surface area contributed by atoms with E-state index in [1.165, 1.54) is 0 Å². The molecule has 0 fully saturated rings. The Morgan fingerprint density at radius 3 is 2.00 bits per heavy atom. The van der Waals surface area contributed by atoms with Crippen LogP contribution in [0.15, 0.2) is 0 Å². The molecule has 0 aromatic heterocycles. The van der Waals surface area contributed by atoms with Gasteiger partial charge in [0.15, 0.2) is 0 Å². The van der Waals surface area contributed by atoms with Crippen molar-refractivity contribution in [1.82, 2.24) is 0 Å². The van der Waals surface area contributed by atoms with Crippen molar-refractivity contribution in [2.24, 2.45) is 0 Å². The second-order valence-electron chi connectivity index (χ2n) is 0.384.